The summed E-state index contributed by atoms with van der Waals surface area (Å²) in [6.45, 7) is 3.66. The number of nitrogens with one attached hydrogen (secondary N) is 2. The number of nitriles is 1. The van der Waals surface area contributed by atoms with Crippen molar-refractivity contribution in [2.75, 3.05) is 31.5 Å². The minimum Gasteiger partial charge on any atom is -0.461 e. The molecule has 1 atom stereocenters. The Bertz CT molecular complexity index is 1580. The molecule has 0 saturated carbocycles. The van der Waals surface area contributed by atoms with E-state index in [-0.39, 0.29) is 28.4 Å². The van der Waals surface area contributed by atoms with Crippen LogP contribution in [0.5, 0.6) is 0 Å². The van der Waals surface area contributed by atoms with Gasteiger partial charge in [0.2, 0.25) is 21.7 Å². The van der Waals surface area contributed by atoms with E-state index in [1.165, 1.54) is 6.07 Å². The molecule has 2 N–H and O–H groups in total. The van der Waals surface area contributed by atoms with Crippen molar-refractivity contribution in [3.63, 3.8) is 0 Å². The second kappa shape index (κ2) is 11.7. The van der Waals surface area contributed by atoms with Crippen LogP contribution in [-0.2, 0) is 19.4 Å². The molecule has 3 aromatic rings. The van der Waals surface area contributed by atoms with E-state index in [9.17, 15) is 23.3 Å². The molecule has 210 valence electrons. The number of nitrogens with zero attached hydrogens (tertiary/aromatic N) is 3. The van der Waals surface area contributed by atoms with Crippen LogP contribution in [0.4, 0.5) is 5.69 Å². The van der Waals surface area contributed by atoms with Crippen molar-refractivity contribution in [1.29, 1.82) is 5.26 Å². The third kappa shape index (κ3) is 5.85. The van der Waals surface area contributed by atoms with Crippen LogP contribution < -0.4 is 10.6 Å². The summed E-state index contributed by atoms with van der Waals surface area (Å²) in [6.07, 6.45) is 3.77. The highest BCUT2D eigenvalue weighted by Crippen LogP contribution is 2.28. The summed E-state index contributed by atoms with van der Waals surface area (Å²) >= 11 is 1.01. The quantitative estimate of drug-likeness (QED) is 0.382. The zero-order chi connectivity index (χ0) is 28.3. The average Bonchev–Trinajstić information content (AvgIpc) is 3.69. The molecule has 0 spiro atoms. The summed E-state index contributed by atoms with van der Waals surface area (Å²) in [6, 6.07) is 11.2. The summed E-state index contributed by atoms with van der Waals surface area (Å²) in [5.74, 6) is 0.270. The van der Waals surface area contributed by atoms with E-state index in [0.29, 0.717) is 43.7 Å². The van der Waals surface area contributed by atoms with Gasteiger partial charge in [-0.3, -0.25) is 9.59 Å². The molecule has 12 heteroatoms. The van der Waals surface area contributed by atoms with Gasteiger partial charge in [-0.15, -0.1) is 11.3 Å². The Morgan fingerprint density at radius 1 is 1.15 bits per heavy atom. The third-order valence-electron chi connectivity index (χ3n) is 7.15. The number of anilines is 1. The molecule has 0 aliphatic carbocycles. The maximum atomic E-state index is 13.7. The molecule has 2 amide bonds. The number of carbonyl (C=O) groups is 2. The minimum atomic E-state index is -4.18. The van der Waals surface area contributed by atoms with Gasteiger partial charge in [0, 0.05) is 30.7 Å². The fourth-order valence-electron chi connectivity index (χ4n) is 5.12. The Morgan fingerprint density at radius 2 is 1.93 bits per heavy atom. The molecule has 0 unspecified atom stereocenters. The van der Waals surface area contributed by atoms with Gasteiger partial charge in [0.05, 0.1) is 6.54 Å². The average molecular weight is 582 g/mol. The molecule has 4 heterocycles. The molecule has 0 radical (unpaired) electrons. The molecular weight excluding hydrogens is 550 g/mol. The van der Waals surface area contributed by atoms with Gasteiger partial charge in [-0.05, 0) is 74.7 Å². The van der Waals surface area contributed by atoms with Gasteiger partial charge in [0.15, 0.2) is 4.91 Å². The van der Waals surface area contributed by atoms with Crippen LogP contribution in [0.3, 0.4) is 0 Å². The van der Waals surface area contributed by atoms with Gasteiger partial charge in [-0.2, -0.15) is 5.26 Å². The Labute approximate surface area is 237 Å². The molecule has 1 aromatic carbocycles. The smallest absolute Gasteiger partial charge is 0.245 e. The maximum Gasteiger partial charge on any atom is 0.245 e. The predicted molar refractivity (Wildman–Crippen MR) is 152 cm³/mol. The first-order valence-corrected chi connectivity index (χ1v) is 15.7. The number of furan rings is 1. The van der Waals surface area contributed by atoms with E-state index in [1.807, 2.05) is 19.1 Å². The zero-order valence-electron chi connectivity index (χ0n) is 22.2. The van der Waals surface area contributed by atoms with Gasteiger partial charge < -0.3 is 24.9 Å². The number of aryl methyl sites for hydroxylation is 1. The first kappa shape index (κ1) is 27.7. The highest BCUT2D eigenvalue weighted by Gasteiger charge is 2.33. The lowest BCUT2D eigenvalue weighted by Crippen LogP contribution is -2.49. The Kier molecular flexibility index (Phi) is 8.14. The van der Waals surface area contributed by atoms with Crippen LogP contribution >= 0.6 is 11.3 Å². The number of hydrogen-bond acceptors (Lipinski definition) is 9. The second-order valence-corrected chi connectivity index (χ2v) is 13.1. The SMILES string of the molecule is Cc1cc2cc(N/C(N[C@H]3CCCCN(CC(=O)N4CCCC4)C3=O)=C(\C#N)S(=O)(=O)c3cccs3)ccc2o1. The predicted octanol–water partition coefficient (Wildman–Crippen LogP) is 3.97. The van der Waals surface area contributed by atoms with Gasteiger partial charge in [0.25, 0.3) is 0 Å². The Balaban J connectivity index is 1.48. The van der Waals surface area contributed by atoms with Crippen LogP contribution in [0.15, 0.2) is 61.1 Å². The van der Waals surface area contributed by atoms with E-state index in [4.69, 9.17) is 4.42 Å². The van der Waals surface area contributed by atoms with E-state index in [0.717, 1.165) is 41.7 Å². The minimum absolute atomic E-state index is 0.0153. The third-order valence-corrected chi connectivity index (χ3v) is 10.3. The van der Waals surface area contributed by atoms with Crippen LogP contribution in [0.25, 0.3) is 11.0 Å². The standard InChI is InChI=1S/C28H31N5O5S2/c1-19-15-20-16-21(9-10-23(20)38-19)30-27(24(17-29)40(36,37)26-8-6-14-39-26)31-22-7-2-3-13-33(28(22)35)18-25(34)32-11-4-5-12-32/h6,8-10,14-16,22,30-31H,2-5,7,11-13,18H2,1H3/b27-24-/t22-/m0/s1. The van der Waals surface area contributed by atoms with Crippen molar-refractivity contribution in [3.05, 3.63) is 58.3 Å². The molecular formula is C28H31N5O5S2. The number of hydrogen-bond donors (Lipinski definition) is 2. The molecule has 10 nitrogen and oxygen atoms in total. The summed E-state index contributed by atoms with van der Waals surface area (Å²) in [5, 5.41) is 18.7. The number of sulfone groups is 1. The number of carbonyl (C=O) groups excluding carboxylic acids is 2. The summed E-state index contributed by atoms with van der Waals surface area (Å²) < 4.78 is 32.7. The van der Waals surface area contributed by atoms with Crippen molar-refractivity contribution < 1.29 is 22.4 Å². The van der Waals surface area contributed by atoms with Crippen LogP contribution in [0.2, 0.25) is 0 Å². The highest BCUT2D eigenvalue weighted by atomic mass is 32.2. The largest absolute Gasteiger partial charge is 0.461 e. The van der Waals surface area contributed by atoms with Crippen LogP contribution in [-0.4, -0.2) is 62.3 Å². The fourth-order valence-corrected chi connectivity index (χ4v) is 7.45. The molecule has 2 fully saturated rings. The molecule has 2 aliphatic heterocycles. The molecule has 0 bridgehead atoms. The van der Waals surface area contributed by atoms with Crippen molar-refractivity contribution in [2.45, 2.75) is 49.3 Å². The summed E-state index contributed by atoms with van der Waals surface area (Å²) in [4.78, 5) is 29.3. The normalized spacial score (nSPS) is 18.8. The first-order chi connectivity index (χ1) is 19.3. The molecule has 2 aliphatic rings. The van der Waals surface area contributed by atoms with Gasteiger partial charge >= 0.3 is 0 Å². The van der Waals surface area contributed by atoms with Crippen molar-refractivity contribution in [2.24, 2.45) is 0 Å². The lowest BCUT2D eigenvalue weighted by Gasteiger charge is -2.28. The van der Waals surface area contributed by atoms with E-state index >= 15 is 0 Å². The van der Waals surface area contributed by atoms with E-state index in [2.05, 4.69) is 10.6 Å². The summed E-state index contributed by atoms with van der Waals surface area (Å²) in [5.41, 5.74) is 1.19. The molecule has 2 saturated heterocycles. The molecule has 5 rings (SSSR count). The second-order valence-electron chi connectivity index (χ2n) is 10.0. The topological polar surface area (TPSA) is 136 Å². The zero-order valence-corrected chi connectivity index (χ0v) is 23.8. The van der Waals surface area contributed by atoms with Crippen molar-refractivity contribution >= 4 is 49.6 Å². The fraction of sp³-hybridized carbons (Fsp3) is 0.393. The van der Waals surface area contributed by atoms with E-state index < -0.39 is 20.8 Å². The molecule has 40 heavy (non-hydrogen) atoms. The number of likely N-dealkylation sites (tertiary alicyclic amines) is 2. The highest BCUT2D eigenvalue weighted by molar-refractivity contribution is 7.97. The van der Waals surface area contributed by atoms with Crippen LogP contribution in [0, 0.1) is 18.3 Å². The first-order valence-electron chi connectivity index (χ1n) is 13.3. The van der Waals surface area contributed by atoms with E-state index in [1.54, 1.807) is 39.4 Å². The van der Waals surface area contributed by atoms with Crippen LogP contribution in [0.1, 0.15) is 37.9 Å². The van der Waals surface area contributed by atoms with Crippen molar-refractivity contribution in [1.82, 2.24) is 15.1 Å². The number of rotatable bonds is 8. The van der Waals surface area contributed by atoms with Gasteiger partial charge in [-0.1, -0.05) is 6.07 Å². The lowest BCUT2D eigenvalue weighted by molar-refractivity contribution is -0.140. The van der Waals surface area contributed by atoms with Gasteiger partial charge in [-0.25, -0.2) is 8.42 Å². The Hall–Kier alpha value is -3.82. The number of fused-ring (bicyclic) bond motifs is 1. The number of thiophene rings is 1. The maximum absolute atomic E-state index is 13.7. The van der Waals surface area contributed by atoms with Crippen molar-refractivity contribution in [3.8, 4) is 6.07 Å². The number of benzene rings is 1. The number of amides is 2. The molecule has 2 aromatic heterocycles. The number of allylic oxidation sites excluding steroid dienone is 1. The Morgan fingerprint density at radius 3 is 2.65 bits per heavy atom. The van der Waals surface area contributed by atoms with Gasteiger partial charge in [0.1, 0.15) is 33.5 Å². The lowest BCUT2D eigenvalue weighted by atomic mass is 10.1. The monoisotopic (exact) mass is 581 g/mol. The summed E-state index contributed by atoms with van der Waals surface area (Å²) in [7, 11) is -4.18.